The molecular formula is C14H16F3NO2S. The first kappa shape index (κ1) is 16.0. The Balaban J connectivity index is 2.39. The van der Waals surface area contributed by atoms with Gasteiger partial charge in [0.25, 0.3) is 0 Å². The van der Waals surface area contributed by atoms with Crippen molar-refractivity contribution in [2.75, 3.05) is 0 Å². The summed E-state index contributed by atoms with van der Waals surface area (Å²) in [6.07, 6.45) is -1.95. The molecule has 2 N–H and O–H groups in total. The van der Waals surface area contributed by atoms with Crippen molar-refractivity contribution in [3.63, 3.8) is 0 Å². The minimum Gasteiger partial charge on any atom is -0.328 e. The second kappa shape index (κ2) is 6.19. The molecule has 0 bridgehead atoms. The molecule has 0 atom stereocenters. The number of hydrogen-bond acceptors (Lipinski definition) is 3. The molecule has 0 saturated heterocycles. The van der Waals surface area contributed by atoms with Crippen molar-refractivity contribution in [1.29, 1.82) is 0 Å². The lowest BCUT2D eigenvalue weighted by atomic mass is 9.82. The highest BCUT2D eigenvalue weighted by Crippen LogP contribution is 2.32. The Morgan fingerprint density at radius 1 is 1.14 bits per heavy atom. The maximum Gasteiger partial charge on any atom is 0.416 e. The number of alkyl halides is 3. The fourth-order valence-corrected chi connectivity index (χ4v) is 3.53. The first-order valence-corrected chi connectivity index (χ1v) is 7.76. The Labute approximate surface area is 122 Å². The van der Waals surface area contributed by atoms with E-state index in [9.17, 15) is 21.6 Å². The van der Waals surface area contributed by atoms with Gasteiger partial charge in [0.15, 0.2) is 0 Å². The third-order valence-electron chi connectivity index (χ3n) is 3.80. The zero-order chi connectivity index (χ0) is 15.6. The monoisotopic (exact) mass is 319 g/mol. The van der Waals surface area contributed by atoms with Gasteiger partial charge < -0.3 is 5.73 Å². The molecule has 1 aliphatic carbocycles. The second-order valence-electron chi connectivity index (χ2n) is 5.29. The largest absolute Gasteiger partial charge is 0.416 e. The van der Waals surface area contributed by atoms with Crippen LogP contribution in [0.4, 0.5) is 13.2 Å². The summed E-state index contributed by atoms with van der Waals surface area (Å²) in [5.74, 6) is -0.258. The van der Waals surface area contributed by atoms with Crippen LogP contribution in [0.3, 0.4) is 0 Å². The second-order valence-corrected chi connectivity index (χ2v) is 6.20. The van der Waals surface area contributed by atoms with E-state index in [1.165, 1.54) is 12.1 Å². The van der Waals surface area contributed by atoms with Gasteiger partial charge in [0, 0.05) is 6.04 Å². The Hall–Kier alpha value is -1.34. The van der Waals surface area contributed by atoms with Gasteiger partial charge in [-0.1, -0.05) is 12.1 Å². The zero-order valence-corrected chi connectivity index (χ0v) is 12.0. The zero-order valence-electron chi connectivity index (χ0n) is 11.2. The van der Waals surface area contributed by atoms with Gasteiger partial charge in [-0.15, -0.1) is 0 Å². The topological polar surface area (TPSA) is 60.2 Å². The molecule has 3 nitrogen and oxygen atoms in total. The highest BCUT2D eigenvalue weighted by molar-refractivity contribution is 7.73. The maximum atomic E-state index is 12.7. The normalized spacial score (nSPS) is 22.9. The third-order valence-corrected chi connectivity index (χ3v) is 4.72. The van der Waals surface area contributed by atoms with Crippen molar-refractivity contribution in [3.8, 4) is 0 Å². The van der Waals surface area contributed by atoms with E-state index in [-0.39, 0.29) is 22.4 Å². The van der Waals surface area contributed by atoms with Crippen molar-refractivity contribution in [2.45, 2.75) is 37.9 Å². The smallest absolute Gasteiger partial charge is 0.328 e. The SMILES string of the molecule is NC1CCC(C(c2cccc(C(F)(F)F)c2)=S(=O)=O)CC1. The Morgan fingerprint density at radius 2 is 1.76 bits per heavy atom. The van der Waals surface area contributed by atoms with Crippen LogP contribution in [0.1, 0.15) is 36.8 Å². The van der Waals surface area contributed by atoms with Gasteiger partial charge in [-0.05, 0) is 49.3 Å². The Kier molecular flexibility index (Phi) is 4.73. The van der Waals surface area contributed by atoms with Crippen LogP contribution < -0.4 is 5.73 Å². The van der Waals surface area contributed by atoms with Crippen LogP contribution in [0.2, 0.25) is 0 Å². The first-order valence-electron chi connectivity index (χ1n) is 6.68. The average Bonchev–Trinajstić information content (AvgIpc) is 2.40. The number of hydrogen-bond donors (Lipinski definition) is 1. The molecule has 0 aliphatic heterocycles. The van der Waals surface area contributed by atoms with E-state index >= 15 is 0 Å². The molecule has 21 heavy (non-hydrogen) atoms. The van der Waals surface area contributed by atoms with E-state index in [1.807, 2.05) is 0 Å². The molecule has 7 heteroatoms. The van der Waals surface area contributed by atoms with Crippen molar-refractivity contribution >= 4 is 15.2 Å². The number of rotatable bonds is 2. The summed E-state index contributed by atoms with van der Waals surface area (Å²) in [6.45, 7) is 0. The van der Waals surface area contributed by atoms with Gasteiger partial charge in [0.1, 0.15) is 0 Å². The summed E-state index contributed by atoms with van der Waals surface area (Å²) in [5.41, 5.74) is 5.07. The molecule has 0 spiro atoms. The van der Waals surface area contributed by atoms with Gasteiger partial charge in [-0.3, -0.25) is 0 Å². The van der Waals surface area contributed by atoms with Crippen LogP contribution >= 0.6 is 0 Å². The van der Waals surface area contributed by atoms with E-state index < -0.39 is 22.0 Å². The van der Waals surface area contributed by atoms with Crippen LogP contribution in [0.5, 0.6) is 0 Å². The summed E-state index contributed by atoms with van der Waals surface area (Å²) >= 11 is 0. The average molecular weight is 319 g/mol. The van der Waals surface area contributed by atoms with E-state index in [0.717, 1.165) is 12.1 Å². The standard InChI is InChI=1S/C14H16F3NO2S/c15-14(16,17)11-3-1-2-10(8-11)13(21(19)20)9-4-6-12(18)7-5-9/h1-3,8-9,12H,4-7,18H2. The van der Waals surface area contributed by atoms with Crippen LogP contribution in [0, 0.1) is 5.92 Å². The molecule has 1 aromatic carbocycles. The van der Waals surface area contributed by atoms with E-state index in [4.69, 9.17) is 5.73 Å². The van der Waals surface area contributed by atoms with Crippen molar-refractivity contribution in [1.82, 2.24) is 0 Å². The molecule has 1 fully saturated rings. The molecule has 1 aliphatic rings. The van der Waals surface area contributed by atoms with Gasteiger partial charge in [0.05, 0.1) is 10.4 Å². The summed E-state index contributed by atoms with van der Waals surface area (Å²) in [4.78, 5) is 0.0630. The minimum absolute atomic E-state index is 0.0455. The lowest BCUT2D eigenvalue weighted by molar-refractivity contribution is -0.137. The molecule has 116 valence electrons. The Morgan fingerprint density at radius 3 is 2.29 bits per heavy atom. The van der Waals surface area contributed by atoms with E-state index in [1.54, 1.807) is 0 Å². The van der Waals surface area contributed by atoms with Crippen molar-refractivity contribution in [2.24, 2.45) is 11.7 Å². The molecule has 0 amide bonds. The van der Waals surface area contributed by atoms with Crippen LogP contribution in [-0.4, -0.2) is 19.3 Å². The summed E-state index contributed by atoms with van der Waals surface area (Å²) in [6, 6.07) is 4.53. The fraction of sp³-hybridized carbons (Fsp3) is 0.500. The van der Waals surface area contributed by atoms with Crippen LogP contribution in [-0.2, 0) is 16.5 Å². The van der Waals surface area contributed by atoms with Crippen LogP contribution in [0.25, 0.3) is 0 Å². The van der Waals surface area contributed by atoms with Gasteiger partial charge in [-0.25, -0.2) is 0 Å². The van der Waals surface area contributed by atoms with Crippen molar-refractivity contribution in [3.05, 3.63) is 35.4 Å². The molecule has 0 radical (unpaired) electrons. The number of halogens is 3. The van der Waals surface area contributed by atoms with Crippen LogP contribution in [0.15, 0.2) is 24.3 Å². The van der Waals surface area contributed by atoms with E-state index in [2.05, 4.69) is 0 Å². The molecular weight excluding hydrogens is 303 g/mol. The predicted molar refractivity (Wildman–Crippen MR) is 74.4 cm³/mol. The molecule has 0 aromatic heterocycles. The summed E-state index contributed by atoms with van der Waals surface area (Å²) < 4.78 is 61.2. The highest BCUT2D eigenvalue weighted by Gasteiger charge is 2.32. The maximum absolute atomic E-state index is 12.7. The molecule has 1 saturated carbocycles. The number of benzene rings is 1. The Bertz CT molecular complexity index is 636. The number of nitrogens with two attached hydrogens (primary N) is 1. The molecule has 0 heterocycles. The lowest BCUT2D eigenvalue weighted by Crippen LogP contribution is -2.30. The molecule has 1 aromatic rings. The quantitative estimate of drug-likeness (QED) is 0.673. The summed E-state index contributed by atoms with van der Waals surface area (Å²) in [5, 5.41) is 0. The first-order chi connectivity index (χ1) is 9.79. The van der Waals surface area contributed by atoms with E-state index in [0.29, 0.717) is 25.7 Å². The minimum atomic E-state index is -4.49. The van der Waals surface area contributed by atoms with Crippen molar-refractivity contribution < 1.29 is 21.6 Å². The van der Waals surface area contributed by atoms with Gasteiger partial charge >= 0.3 is 6.18 Å². The lowest BCUT2D eigenvalue weighted by Gasteiger charge is -2.26. The van der Waals surface area contributed by atoms with Gasteiger partial charge in [0.2, 0.25) is 10.3 Å². The fourth-order valence-electron chi connectivity index (χ4n) is 2.70. The predicted octanol–water partition coefficient (Wildman–Crippen LogP) is 2.62. The third kappa shape index (κ3) is 3.85. The van der Waals surface area contributed by atoms with Gasteiger partial charge in [-0.2, -0.15) is 21.6 Å². The highest BCUT2D eigenvalue weighted by atomic mass is 32.2. The molecule has 2 rings (SSSR count). The summed E-state index contributed by atoms with van der Waals surface area (Å²) in [7, 11) is -2.54. The molecule has 0 unspecified atom stereocenters.